The second-order valence-electron chi connectivity index (χ2n) is 9.92. The number of hydrogen-bond acceptors (Lipinski definition) is 4. The third-order valence-corrected chi connectivity index (χ3v) is 8.28. The fourth-order valence-corrected chi connectivity index (χ4v) is 5.65. The van der Waals surface area contributed by atoms with Crippen LogP contribution in [0.15, 0.2) is 83.3 Å². The minimum atomic E-state index is -3.54. The van der Waals surface area contributed by atoms with Crippen molar-refractivity contribution in [3.8, 4) is 0 Å². The quantitative estimate of drug-likeness (QED) is 0.257. The van der Waals surface area contributed by atoms with Crippen molar-refractivity contribution in [3.05, 3.63) is 100 Å². The van der Waals surface area contributed by atoms with Crippen LogP contribution in [0.5, 0.6) is 0 Å². The molecule has 0 aliphatic rings. The summed E-state index contributed by atoms with van der Waals surface area (Å²) in [5.41, 5.74) is 3.45. The molecule has 0 heterocycles. The largest absolute Gasteiger partial charge is 0.354 e. The van der Waals surface area contributed by atoms with E-state index >= 15 is 0 Å². The minimum absolute atomic E-state index is 0.0980. The molecule has 1 N–H and O–H groups in total. The van der Waals surface area contributed by atoms with Crippen molar-refractivity contribution in [1.82, 2.24) is 10.2 Å². The molecule has 0 fully saturated rings. The number of hydrogen-bond donors (Lipinski definition) is 1. The number of carbonyl (C=O) groups excluding carboxylic acids is 2. The Labute approximate surface area is 246 Å². The average molecular weight is 629 g/mol. The van der Waals surface area contributed by atoms with Gasteiger partial charge in [0.1, 0.15) is 6.04 Å². The first-order valence-electron chi connectivity index (χ1n) is 13.5. The van der Waals surface area contributed by atoms with Crippen LogP contribution >= 0.6 is 15.9 Å². The van der Waals surface area contributed by atoms with Gasteiger partial charge in [-0.15, -0.1) is 0 Å². The van der Waals surface area contributed by atoms with Crippen molar-refractivity contribution in [2.45, 2.75) is 52.1 Å². The maximum atomic E-state index is 13.8. The molecule has 40 heavy (non-hydrogen) atoms. The van der Waals surface area contributed by atoms with E-state index in [9.17, 15) is 18.0 Å². The molecule has 7 nitrogen and oxygen atoms in total. The lowest BCUT2D eigenvalue weighted by molar-refractivity contribution is -0.141. The van der Waals surface area contributed by atoms with Gasteiger partial charge in [-0.05, 0) is 55.2 Å². The number of carbonyl (C=O) groups is 2. The van der Waals surface area contributed by atoms with Crippen LogP contribution in [0.3, 0.4) is 0 Å². The summed E-state index contributed by atoms with van der Waals surface area (Å²) in [6, 6.07) is 23.9. The van der Waals surface area contributed by atoms with Crippen LogP contribution in [0.25, 0.3) is 0 Å². The lowest BCUT2D eigenvalue weighted by Gasteiger charge is -2.32. The summed E-state index contributed by atoms with van der Waals surface area (Å²) in [6.45, 7) is 4.86. The molecule has 3 aromatic rings. The van der Waals surface area contributed by atoms with Gasteiger partial charge in [0.2, 0.25) is 21.8 Å². The van der Waals surface area contributed by atoms with Gasteiger partial charge in [0.05, 0.1) is 11.9 Å². The molecule has 214 valence electrons. The predicted octanol–water partition coefficient (Wildman–Crippen LogP) is 5.47. The smallest absolute Gasteiger partial charge is 0.243 e. The third kappa shape index (κ3) is 9.48. The number of aryl methyl sites for hydroxylation is 1. The fourth-order valence-electron chi connectivity index (χ4n) is 4.42. The van der Waals surface area contributed by atoms with Crippen LogP contribution < -0.4 is 9.62 Å². The van der Waals surface area contributed by atoms with Crippen molar-refractivity contribution in [1.29, 1.82) is 0 Å². The number of anilines is 1. The van der Waals surface area contributed by atoms with Gasteiger partial charge < -0.3 is 10.2 Å². The second-order valence-corrected chi connectivity index (χ2v) is 12.7. The SMILES string of the molecule is CCCNC(=O)C(Cc1ccccc1)N(Cc1ccc(Br)cc1)C(=O)CCCN(c1ccc(C)cc1)S(C)(=O)=O. The molecule has 0 bridgehead atoms. The summed E-state index contributed by atoms with van der Waals surface area (Å²) < 4.78 is 27.4. The first kappa shape index (κ1) is 31.4. The number of nitrogens with one attached hydrogen (secondary N) is 1. The highest BCUT2D eigenvalue weighted by Crippen LogP contribution is 2.21. The van der Waals surface area contributed by atoms with E-state index in [1.54, 1.807) is 17.0 Å². The first-order chi connectivity index (χ1) is 19.1. The third-order valence-electron chi connectivity index (χ3n) is 6.56. The van der Waals surface area contributed by atoms with Crippen LogP contribution in [0, 0.1) is 6.92 Å². The monoisotopic (exact) mass is 627 g/mol. The topological polar surface area (TPSA) is 86.8 Å². The summed E-state index contributed by atoms with van der Waals surface area (Å²) in [5.74, 6) is -0.401. The molecule has 0 aromatic heterocycles. The van der Waals surface area contributed by atoms with Crippen molar-refractivity contribution in [3.63, 3.8) is 0 Å². The molecule has 0 saturated carbocycles. The summed E-state index contributed by atoms with van der Waals surface area (Å²) in [4.78, 5) is 28.9. The Morgan fingerprint density at radius 1 is 0.925 bits per heavy atom. The van der Waals surface area contributed by atoms with Gasteiger partial charge in [-0.1, -0.05) is 83.0 Å². The minimum Gasteiger partial charge on any atom is -0.354 e. The Morgan fingerprint density at radius 2 is 1.57 bits per heavy atom. The maximum absolute atomic E-state index is 13.8. The zero-order valence-electron chi connectivity index (χ0n) is 23.3. The molecule has 3 rings (SSSR count). The summed E-state index contributed by atoms with van der Waals surface area (Å²) >= 11 is 3.45. The van der Waals surface area contributed by atoms with Gasteiger partial charge >= 0.3 is 0 Å². The molecule has 3 aromatic carbocycles. The Kier molecular flexibility index (Phi) is 11.8. The van der Waals surface area contributed by atoms with Gasteiger partial charge in [-0.2, -0.15) is 0 Å². The molecule has 0 spiro atoms. The maximum Gasteiger partial charge on any atom is 0.243 e. The van der Waals surface area contributed by atoms with E-state index in [0.717, 1.165) is 27.6 Å². The van der Waals surface area contributed by atoms with Crippen LogP contribution in [0.2, 0.25) is 0 Å². The van der Waals surface area contributed by atoms with E-state index < -0.39 is 16.1 Å². The van der Waals surface area contributed by atoms with Gasteiger partial charge in [0.15, 0.2) is 0 Å². The number of benzene rings is 3. The van der Waals surface area contributed by atoms with Crippen LogP contribution in [0.1, 0.15) is 42.9 Å². The van der Waals surface area contributed by atoms with E-state index in [2.05, 4.69) is 21.2 Å². The summed E-state index contributed by atoms with van der Waals surface area (Å²) in [5, 5.41) is 2.98. The Bertz CT molecular complexity index is 1350. The Balaban J connectivity index is 1.85. The highest BCUT2D eigenvalue weighted by Gasteiger charge is 2.30. The van der Waals surface area contributed by atoms with E-state index in [0.29, 0.717) is 25.1 Å². The summed E-state index contributed by atoms with van der Waals surface area (Å²) in [6.07, 6.45) is 2.73. The second kappa shape index (κ2) is 15.0. The summed E-state index contributed by atoms with van der Waals surface area (Å²) in [7, 11) is -3.54. The number of rotatable bonds is 14. The zero-order chi connectivity index (χ0) is 29.1. The number of sulfonamides is 1. The zero-order valence-corrected chi connectivity index (χ0v) is 25.7. The van der Waals surface area contributed by atoms with E-state index in [1.807, 2.05) is 80.6 Å². The Morgan fingerprint density at radius 3 is 2.17 bits per heavy atom. The molecule has 0 aliphatic carbocycles. The number of amides is 2. The molecular formula is C31H38BrN3O4S. The fraction of sp³-hybridized carbons (Fsp3) is 0.355. The first-order valence-corrected chi connectivity index (χ1v) is 16.1. The normalized spacial score (nSPS) is 12.0. The van der Waals surface area contributed by atoms with E-state index in [4.69, 9.17) is 0 Å². The van der Waals surface area contributed by atoms with Crippen LogP contribution in [0.4, 0.5) is 5.69 Å². The lowest BCUT2D eigenvalue weighted by Crippen LogP contribution is -2.50. The van der Waals surface area contributed by atoms with Gasteiger partial charge in [0.25, 0.3) is 0 Å². The molecular weight excluding hydrogens is 590 g/mol. The van der Waals surface area contributed by atoms with Crippen molar-refractivity contribution in [2.24, 2.45) is 0 Å². The lowest BCUT2D eigenvalue weighted by atomic mass is 10.0. The highest BCUT2D eigenvalue weighted by molar-refractivity contribution is 9.10. The molecule has 1 unspecified atom stereocenters. The van der Waals surface area contributed by atoms with Crippen LogP contribution in [-0.2, 0) is 32.6 Å². The number of nitrogens with zero attached hydrogens (tertiary/aromatic N) is 2. The molecule has 0 aliphatic heterocycles. The van der Waals surface area contributed by atoms with Crippen molar-refractivity contribution >= 4 is 43.5 Å². The Hall–Kier alpha value is -3.17. The molecule has 9 heteroatoms. The van der Waals surface area contributed by atoms with Crippen molar-refractivity contribution in [2.75, 3.05) is 23.7 Å². The van der Waals surface area contributed by atoms with Gasteiger partial charge in [-0.25, -0.2) is 8.42 Å². The molecule has 2 amide bonds. The average Bonchev–Trinajstić information content (AvgIpc) is 2.93. The van der Waals surface area contributed by atoms with Crippen LogP contribution in [-0.4, -0.2) is 50.5 Å². The van der Waals surface area contributed by atoms with Crippen molar-refractivity contribution < 1.29 is 18.0 Å². The van der Waals surface area contributed by atoms with Gasteiger partial charge in [-0.3, -0.25) is 13.9 Å². The molecule has 1 atom stereocenters. The number of halogens is 1. The standard InChI is InChI=1S/C31H38BrN3O4S/c1-4-20-33-31(37)29(22-25-9-6-5-7-10-25)34(23-26-14-16-27(32)17-15-26)30(36)11-8-21-35(40(3,38)39)28-18-12-24(2)13-19-28/h5-7,9-10,12-19,29H,4,8,11,20-23H2,1-3H3,(H,33,37). The van der Waals surface area contributed by atoms with Gasteiger partial charge in [0, 0.05) is 36.9 Å². The van der Waals surface area contributed by atoms with E-state index in [1.165, 1.54) is 10.6 Å². The molecule has 0 saturated heterocycles. The predicted molar refractivity (Wildman–Crippen MR) is 165 cm³/mol. The van der Waals surface area contributed by atoms with E-state index in [-0.39, 0.29) is 31.3 Å². The highest BCUT2D eigenvalue weighted by atomic mass is 79.9. The molecule has 0 radical (unpaired) electrons.